The highest BCUT2D eigenvalue weighted by molar-refractivity contribution is 6.29. The lowest BCUT2D eigenvalue weighted by Gasteiger charge is -2.17. The van der Waals surface area contributed by atoms with Crippen LogP contribution in [-0.2, 0) is 4.79 Å². The summed E-state index contributed by atoms with van der Waals surface area (Å²) in [6.07, 6.45) is 7.27. The van der Waals surface area contributed by atoms with Crippen LogP contribution >= 0.6 is 11.6 Å². The van der Waals surface area contributed by atoms with Crippen LogP contribution in [0.15, 0.2) is 12.2 Å². The molecule has 0 saturated heterocycles. The molecule has 0 fully saturated rings. The number of amides is 1. The van der Waals surface area contributed by atoms with Gasteiger partial charge in [0.25, 0.3) is 11.5 Å². The van der Waals surface area contributed by atoms with Crippen LogP contribution < -0.4 is 5.32 Å². The average molecular weight is 206 g/mol. The normalized spacial score (nSPS) is 24.0. The molecule has 0 radical (unpaired) electrons. The van der Waals surface area contributed by atoms with Gasteiger partial charge < -0.3 is 5.32 Å². The Morgan fingerprint density at radius 1 is 1.69 bits per heavy atom. The standard InChI is InChI=1S/C9H13ClFNO/c10-8(11)9(13)12-6-7-4-2-1-3-5-7/h1-2,7-8H,3-6H2,(H,12,13). The van der Waals surface area contributed by atoms with Crippen molar-refractivity contribution >= 4 is 17.5 Å². The maximum absolute atomic E-state index is 12.2. The summed E-state index contributed by atoms with van der Waals surface area (Å²) in [6.45, 7) is 0.524. The Morgan fingerprint density at radius 3 is 3.00 bits per heavy atom. The molecular formula is C9H13ClFNO. The van der Waals surface area contributed by atoms with Crippen LogP contribution in [0.3, 0.4) is 0 Å². The van der Waals surface area contributed by atoms with Crippen LogP contribution in [-0.4, -0.2) is 18.1 Å². The third kappa shape index (κ3) is 3.77. The van der Waals surface area contributed by atoms with Crippen molar-refractivity contribution in [3.05, 3.63) is 12.2 Å². The van der Waals surface area contributed by atoms with Crippen molar-refractivity contribution in [3.63, 3.8) is 0 Å². The summed E-state index contributed by atoms with van der Waals surface area (Å²) in [6, 6.07) is 0. The van der Waals surface area contributed by atoms with E-state index in [-0.39, 0.29) is 0 Å². The topological polar surface area (TPSA) is 29.1 Å². The van der Waals surface area contributed by atoms with Gasteiger partial charge in [0.05, 0.1) is 0 Å². The molecule has 1 N–H and O–H groups in total. The number of allylic oxidation sites excluding steroid dienone is 2. The Balaban J connectivity index is 2.18. The summed E-state index contributed by atoms with van der Waals surface area (Å²) in [5.41, 5.74) is -1.92. The van der Waals surface area contributed by atoms with E-state index in [1.165, 1.54) is 0 Å². The highest BCUT2D eigenvalue weighted by Crippen LogP contribution is 2.16. The van der Waals surface area contributed by atoms with Crippen LogP contribution in [0.4, 0.5) is 4.39 Å². The van der Waals surface area contributed by atoms with Gasteiger partial charge in [-0.1, -0.05) is 23.8 Å². The summed E-state index contributed by atoms with van der Waals surface area (Å²) < 4.78 is 12.2. The number of nitrogens with one attached hydrogen (secondary N) is 1. The Hall–Kier alpha value is -0.570. The van der Waals surface area contributed by atoms with Crippen molar-refractivity contribution in [2.75, 3.05) is 6.54 Å². The van der Waals surface area contributed by atoms with E-state index < -0.39 is 11.5 Å². The molecule has 1 aliphatic rings. The lowest BCUT2D eigenvalue weighted by atomic mass is 9.94. The molecule has 0 aromatic heterocycles. The zero-order chi connectivity index (χ0) is 9.68. The predicted octanol–water partition coefficient (Wildman–Crippen LogP) is 1.99. The first-order valence-electron chi connectivity index (χ1n) is 4.41. The maximum atomic E-state index is 12.2. The number of carbonyl (C=O) groups is 1. The lowest BCUT2D eigenvalue weighted by molar-refractivity contribution is -0.123. The van der Waals surface area contributed by atoms with Crippen molar-refractivity contribution in [1.82, 2.24) is 5.32 Å². The second-order valence-electron chi connectivity index (χ2n) is 3.20. The van der Waals surface area contributed by atoms with Crippen molar-refractivity contribution in [2.24, 2.45) is 5.92 Å². The molecule has 13 heavy (non-hydrogen) atoms. The predicted molar refractivity (Wildman–Crippen MR) is 50.2 cm³/mol. The van der Waals surface area contributed by atoms with Gasteiger partial charge in [0.2, 0.25) is 0 Å². The van der Waals surface area contributed by atoms with Crippen LogP contribution in [0.25, 0.3) is 0 Å². The number of alkyl halides is 2. The minimum atomic E-state index is -1.92. The van der Waals surface area contributed by atoms with E-state index in [0.717, 1.165) is 19.3 Å². The second-order valence-corrected chi connectivity index (χ2v) is 3.58. The van der Waals surface area contributed by atoms with Gasteiger partial charge in [-0.2, -0.15) is 0 Å². The number of hydrogen-bond acceptors (Lipinski definition) is 1. The Bertz CT molecular complexity index is 206. The summed E-state index contributed by atoms with van der Waals surface area (Å²) in [5.74, 6) is -0.291. The van der Waals surface area contributed by atoms with Gasteiger partial charge in [0, 0.05) is 6.54 Å². The van der Waals surface area contributed by atoms with E-state index in [0.29, 0.717) is 12.5 Å². The van der Waals surface area contributed by atoms with Crippen molar-refractivity contribution in [3.8, 4) is 0 Å². The summed E-state index contributed by atoms with van der Waals surface area (Å²) in [5, 5.41) is 2.47. The van der Waals surface area contributed by atoms with E-state index in [1.54, 1.807) is 0 Å². The van der Waals surface area contributed by atoms with Gasteiger partial charge in [-0.3, -0.25) is 4.79 Å². The maximum Gasteiger partial charge on any atom is 0.270 e. The minimum Gasteiger partial charge on any atom is -0.352 e. The molecule has 1 rings (SSSR count). The number of hydrogen-bond donors (Lipinski definition) is 1. The molecule has 0 aromatic carbocycles. The third-order valence-electron chi connectivity index (χ3n) is 2.14. The summed E-state index contributed by atoms with van der Waals surface area (Å²) in [7, 11) is 0. The molecule has 0 heterocycles. The summed E-state index contributed by atoms with van der Waals surface area (Å²) in [4.78, 5) is 10.7. The smallest absolute Gasteiger partial charge is 0.270 e. The highest BCUT2D eigenvalue weighted by atomic mass is 35.5. The van der Waals surface area contributed by atoms with E-state index >= 15 is 0 Å². The molecule has 2 nitrogen and oxygen atoms in total. The Kier molecular flexibility index (Phi) is 4.22. The zero-order valence-corrected chi connectivity index (χ0v) is 8.06. The van der Waals surface area contributed by atoms with Gasteiger partial charge in [-0.05, 0) is 25.2 Å². The second kappa shape index (κ2) is 5.22. The number of rotatable bonds is 3. The Labute approximate surface area is 82.1 Å². The first kappa shape index (κ1) is 10.5. The molecule has 0 saturated carbocycles. The molecule has 2 atom stereocenters. The van der Waals surface area contributed by atoms with E-state index in [1.807, 2.05) is 0 Å². The fraction of sp³-hybridized carbons (Fsp3) is 0.667. The molecule has 4 heteroatoms. The van der Waals surface area contributed by atoms with Crippen molar-refractivity contribution < 1.29 is 9.18 Å². The largest absolute Gasteiger partial charge is 0.352 e. The monoisotopic (exact) mass is 205 g/mol. The lowest BCUT2D eigenvalue weighted by Crippen LogP contribution is -2.33. The molecule has 2 unspecified atom stereocenters. The molecule has 0 bridgehead atoms. The van der Waals surface area contributed by atoms with Gasteiger partial charge in [-0.25, -0.2) is 4.39 Å². The van der Waals surface area contributed by atoms with Crippen LogP contribution in [0, 0.1) is 5.92 Å². The van der Waals surface area contributed by atoms with Crippen molar-refractivity contribution in [1.29, 1.82) is 0 Å². The number of halogens is 2. The van der Waals surface area contributed by atoms with Gasteiger partial charge in [0.1, 0.15) is 0 Å². The van der Waals surface area contributed by atoms with E-state index in [2.05, 4.69) is 17.5 Å². The Morgan fingerprint density at radius 2 is 2.46 bits per heavy atom. The average Bonchev–Trinajstić information content (AvgIpc) is 2.15. The zero-order valence-electron chi connectivity index (χ0n) is 7.30. The quantitative estimate of drug-likeness (QED) is 0.554. The van der Waals surface area contributed by atoms with Crippen LogP contribution in [0.5, 0.6) is 0 Å². The molecule has 0 aromatic rings. The molecule has 74 valence electrons. The van der Waals surface area contributed by atoms with E-state index in [4.69, 9.17) is 11.6 Å². The molecule has 0 aliphatic heterocycles. The van der Waals surface area contributed by atoms with Gasteiger partial charge in [-0.15, -0.1) is 0 Å². The van der Waals surface area contributed by atoms with Crippen LogP contribution in [0.1, 0.15) is 19.3 Å². The van der Waals surface area contributed by atoms with Gasteiger partial charge >= 0.3 is 0 Å². The first-order chi connectivity index (χ1) is 6.20. The molecule has 0 spiro atoms. The van der Waals surface area contributed by atoms with Crippen LogP contribution in [0.2, 0.25) is 0 Å². The molecule has 1 aliphatic carbocycles. The fourth-order valence-electron chi connectivity index (χ4n) is 1.36. The first-order valence-corrected chi connectivity index (χ1v) is 4.84. The number of carbonyl (C=O) groups excluding carboxylic acids is 1. The third-order valence-corrected chi connectivity index (χ3v) is 2.34. The molecule has 1 amide bonds. The minimum absolute atomic E-state index is 0.435. The highest BCUT2D eigenvalue weighted by Gasteiger charge is 2.15. The SMILES string of the molecule is O=C(NCC1CC=CCC1)C(F)Cl. The van der Waals surface area contributed by atoms with E-state index in [9.17, 15) is 9.18 Å². The fourth-order valence-corrected chi connectivity index (χ4v) is 1.44. The molecular weight excluding hydrogens is 193 g/mol. The summed E-state index contributed by atoms with van der Waals surface area (Å²) >= 11 is 4.95. The van der Waals surface area contributed by atoms with Crippen molar-refractivity contribution in [2.45, 2.75) is 24.9 Å². The van der Waals surface area contributed by atoms with Gasteiger partial charge in [0.15, 0.2) is 0 Å².